The number of carboxylic acid groups (broad SMARTS) is 1. The molecule has 1 rings (SSSR count). The lowest BCUT2D eigenvalue weighted by Crippen LogP contribution is -2.60. The molecule has 1 saturated heterocycles. The maximum absolute atomic E-state index is 11.5. The maximum atomic E-state index is 11.5. The Hall–Kier alpha value is -0.610. The fraction of sp³-hybridized carbons (Fsp3) is 0.917. The summed E-state index contributed by atoms with van der Waals surface area (Å²) in [5.74, 6) is -0.355. The van der Waals surface area contributed by atoms with Crippen molar-refractivity contribution < 1.29 is 14.6 Å². The van der Waals surface area contributed by atoms with Gasteiger partial charge in [-0.2, -0.15) is 0 Å². The molecule has 1 aliphatic rings. The van der Waals surface area contributed by atoms with Crippen molar-refractivity contribution in [3.05, 3.63) is 0 Å². The summed E-state index contributed by atoms with van der Waals surface area (Å²) in [6.45, 7) is 9.94. The van der Waals surface area contributed by atoms with Crippen molar-refractivity contribution in [1.29, 1.82) is 0 Å². The van der Waals surface area contributed by atoms with Gasteiger partial charge in [-0.15, -0.1) is 0 Å². The standard InChI is InChI=1S/C12H23NO3/c1-9(2)7-12(4,11(14)15)13-5-6-16-8-10(13)3/h9-10H,5-8H2,1-4H3,(H,14,15). The van der Waals surface area contributed by atoms with Crippen LogP contribution in [0.15, 0.2) is 0 Å². The van der Waals surface area contributed by atoms with Crippen molar-refractivity contribution in [2.24, 2.45) is 5.92 Å². The van der Waals surface area contributed by atoms with E-state index in [1.165, 1.54) is 0 Å². The number of carbonyl (C=O) groups is 1. The van der Waals surface area contributed by atoms with Crippen molar-refractivity contribution in [2.45, 2.75) is 45.7 Å². The molecule has 0 aromatic heterocycles. The average molecular weight is 229 g/mol. The van der Waals surface area contributed by atoms with Gasteiger partial charge in [0.2, 0.25) is 0 Å². The van der Waals surface area contributed by atoms with Crippen molar-refractivity contribution in [3.63, 3.8) is 0 Å². The Labute approximate surface area is 97.6 Å². The topological polar surface area (TPSA) is 49.8 Å². The lowest BCUT2D eigenvalue weighted by atomic mass is 9.87. The summed E-state index contributed by atoms with van der Waals surface area (Å²) in [5.41, 5.74) is -0.767. The van der Waals surface area contributed by atoms with Gasteiger partial charge in [0.15, 0.2) is 0 Å². The zero-order chi connectivity index (χ0) is 12.3. The van der Waals surface area contributed by atoms with Crippen LogP contribution >= 0.6 is 0 Å². The fourth-order valence-corrected chi connectivity index (χ4v) is 2.58. The summed E-state index contributed by atoms with van der Waals surface area (Å²) in [5, 5.41) is 9.47. The largest absolute Gasteiger partial charge is 0.480 e. The third kappa shape index (κ3) is 2.74. The summed E-state index contributed by atoms with van der Waals surface area (Å²) in [7, 11) is 0. The lowest BCUT2D eigenvalue weighted by Gasteiger charge is -2.45. The van der Waals surface area contributed by atoms with Gasteiger partial charge < -0.3 is 9.84 Å². The molecule has 4 heteroatoms. The van der Waals surface area contributed by atoms with E-state index in [0.29, 0.717) is 32.1 Å². The molecule has 0 spiro atoms. The van der Waals surface area contributed by atoms with Gasteiger partial charge in [0, 0.05) is 12.6 Å². The van der Waals surface area contributed by atoms with E-state index in [-0.39, 0.29) is 6.04 Å². The first-order valence-electron chi connectivity index (χ1n) is 5.96. The second kappa shape index (κ2) is 5.15. The molecule has 1 aliphatic heterocycles. The van der Waals surface area contributed by atoms with Crippen molar-refractivity contribution in [1.82, 2.24) is 4.90 Å². The van der Waals surface area contributed by atoms with Crippen LogP contribution in [0.25, 0.3) is 0 Å². The van der Waals surface area contributed by atoms with Crippen LogP contribution in [0.1, 0.15) is 34.1 Å². The Balaban J connectivity index is 2.86. The average Bonchev–Trinajstić information content (AvgIpc) is 2.16. The second-order valence-electron chi connectivity index (χ2n) is 5.29. The van der Waals surface area contributed by atoms with Crippen LogP contribution in [0.2, 0.25) is 0 Å². The molecule has 0 aromatic rings. The Morgan fingerprint density at radius 3 is 2.69 bits per heavy atom. The van der Waals surface area contributed by atoms with Crippen molar-refractivity contribution >= 4 is 5.97 Å². The van der Waals surface area contributed by atoms with E-state index < -0.39 is 11.5 Å². The Morgan fingerprint density at radius 1 is 1.62 bits per heavy atom. The van der Waals surface area contributed by atoms with Crippen LogP contribution in [0.3, 0.4) is 0 Å². The molecule has 94 valence electrons. The first-order valence-corrected chi connectivity index (χ1v) is 5.96. The number of carboxylic acids is 1. The summed E-state index contributed by atoms with van der Waals surface area (Å²) >= 11 is 0. The zero-order valence-electron chi connectivity index (χ0n) is 10.7. The van der Waals surface area contributed by atoms with E-state index in [9.17, 15) is 9.90 Å². The molecule has 0 amide bonds. The number of rotatable bonds is 4. The highest BCUT2D eigenvalue weighted by molar-refractivity contribution is 5.78. The van der Waals surface area contributed by atoms with Gasteiger partial charge in [-0.05, 0) is 26.2 Å². The molecule has 0 aliphatic carbocycles. The molecule has 0 aromatic carbocycles. The van der Waals surface area contributed by atoms with Crippen LogP contribution < -0.4 is 0 Å². The van der Waals surface area contributed by atoms with Crippen LogP contribution in [0.4, 0.5) is 0 Å². The van der Waals surface area contributed by atoms with Gasteiger partial charge in [0.05, 0.1) is 13.2 Å². The van der Waals surface area contributed by atoms with Crippen molar-refractivity contribution in [3.8, 4) is 0 Å². The minimum atomic E-state index is -0.767. The molecular weight excluding hydrogens is 206 g/mol. The van der Waals surface area contributed by atoms with Gasteiger partial charge in [0.1, 0.15) is 5.54 Å². The highest BCUT2D eigenvalue weighted by atomic mass is 16.5. The first kappa shape index (κ1) is 13.5. The third-order valence-electron chi connectivity index (χ3n) is 3.27. The van der Waals surface area contributed by atoms with E-state index in [1.54, 1.807) is 0 Å². The van der Waals surface area contributed by atoms with Gasteiger partial charge in [-0.25, -0.2) is 0 Å². The summed E-state index contributed by atoms with van der Waals surface area (Å²) in [6, 6.07) is 0.175. The zero-order valence-corrected chi connectivity index (χ0v) is 10.7. The van der Waals surface area contributed by atoms with Gasteiger partial charge >= 0.3 is 5.97 Å². The van der Waals surface area contributed by atoms with Gasteiger partial charge in [-0.3, -0.25) is 9.69 Å². The highest BCUT2D eigenvalue weighted by Gasteiger charge is 2.43. The smallest absolute Gasteiger partial charge is 0.323 e. The molecule has 1 fully saturated rings. The fourth-order valence-electron chi connectivity index (χ4n) is 2.58. The Bertz CT molecular complexity index is 255. The number of aliphatic carboxylic acids is 1. The predicted octanol–water partition coefficient (Wildman–Crippen LogP) is 1.60. The normalized spacial score (nSPS) is 26.7. The van der Waals surface area contributed by atoms with E-state index in [4.69, 9.17) is 4.74 Å². The monoisotopic (exact) mass is 229 g/mol. The van der Waals surface area contributed by atoms with E-state index in [0.717, 1.165) is 0 Å². The molecule has 4 nitrogen and oxygen atoms in total. The Morgan fingerprint density at radius 2 is 2.25 bits per heavy atom. The minimum Gasteiger partial charge on any atom is -0.480 e. The van der Waals surface area contributed by atoms with Crippen LogP contribution in [0, 0.1) is 5.92 Å². The van der Waals surface area contributed by atoms with Crippen LogP contribution in [-0.4, -0.2) is 47.3 Å². The van der Waals surface area contributed by atoms with Gasteiger partial charge in [0.25, 0.3) is 0 Å². The molecule has 16 heavy (non-hydrogen) atoms. The Kier molecular flexibility index (Phi) is 4.33. The number of ether oxygens (including phenoxy) is 1. The van der Waals surface area contributed by atoms with Gasteiger partial charge in [-0.1, -0.05) is 13.8 Å². The SMILES string of the molecule is CC(C)CC(C)(C(=O)O)N1CCOCC1C. The molecule has 0 radical (unpaired) electrons. The van der Waals surface area contributed by atoms with E-state index >= 15 is 0 Å². The summed E-state index contributed by atoms with van der Waals surface area (Å²) < 4.78 is 5.36. The number of nitrogens with zero attached hydrogens (tertiary/aromatic N) is 1. The molecule has 1 heterocycles. The number of hydrogen-bond donors (Lipinski definition) is 1. The summed E-state index contributed by atoms with van der Waals surface area (Å²) in [6.07, 6.45) is 0.673. The van der Waals surface area contributed by atoms with E-state index in [2.05, 4.69) is 18.7 Å². The molecule has 2 atom stereocenters. The van der Waals surface area contributed by atoms with E-state index in [1.807, 2.05) is 13.8 Å². The molecular formula is C12H23NO3. The number of hydrogen-bond acceptors (Lipinski definition) is 3. The summed E-state index contributed by atoms with van der Waals surface area (Å²) in [4.78, 5) is 13.6. The minimum absolute atomic E-state index is 0.175. The van der Waals surface area contributed by atoms with Crippen LogP contribution in [0.5, 0.6) is 0 Å². The highest BCUT2D eigenvalue weighted by Crippen LogP contribution is 2.28. The first-order chi connectivity index (χ1) is 7.38. The van der Waals surface area contributed by atoms with Crippen LogP contribution in [-0.2, 0) is 9.53 Å². The van der Waals surface area contributed by atoms with Crippen molar-refractivity contribution in [2.75, 3.05) is 19.8 Å². The second-order valence-corrected chi connectivity index (χ2v) is 5.29. The predicted molar refractivity (Wildman–Crippen MR) is 62.5 cm³/mol. The lowest BCUT2D eigenvalue weighted by molar-refractivity contribution is -0.158. The molecule has 1 N–H and O–H groups in total. The quantitative estimate of drug-likeness (QED) is 0.795. The molecule has 0 bridgehead atoms. The molecule has 0 saturated carbocycles. The maximum Gasteiger partial charge on any atom is 0.323 e. The third-order valence-corrected chi connectivity index (χ3v) is 3.27. The molecule has 2 unspecified atom stereocenters. The number of morpholine rings is 1.